The Labute approximate surface area is 224 Å². The minimum Gasteiger partial charge on any atom is -0.389 e. The number of pyridine rings is 1. The Hall–Kier alpha value is -2.73. The Balaban J connectivity index is 1.69. The fourth-order valence-corrected chi connectivity index (χ4v) is 5.47. The molecular formula is C26H34F3N5O3S. The number of amides is 2. The summed E-state index contributed by atoms with van der Waals surface area (Å²) >= 11 is 0.715. The summed E-state index contributed by atoms with van der Waals surface area (Å²) in [5, 5.41) is 15.3. The Morgan fingerprint density at radius 1 is 1.24 bits per heavy atom. The normalized spacial score (nSPS) is 18.1. The van der Waals surface area contributed by atoms with Crippen molar-refractivity contribution in [3.8, 4) is 10.4 Å². The largest absolute Gasteiger partial charge is 0.417 e. The molecule has 2 amide bonds. The molecule has 0 spiro atoms. The van der Waals surface area contributed by atoms with E-state index in [2.05, 4.69) is 20.6 Å². The van der Waals surface area contributed by atoms with E-state index in [1.165, 1.54) is 26.7 Å². The molecule has 1 saturated carbocycles. The van der Waals surface area contributed by atoms with Crippen molar-refractivity contribution >= 4 is 29.0 Å². The topological polar surface area (TPSA) is 107 Å². The molecule has 1 aliphatic carbocycles. The van der Waals surface area contributed by atoms with Gasteiger partial charge in [-0.05, 0) is 58.4 Å². The molecule has 1 atom stereocenters. The number of carbonyl (C=O) groups is 2. The molecular weight excluding hydrogens is 519 g/mol. The van der Waals surface area contributed by atoms with E-state index in [4.69, 9.17) is 0 Å². The fraction of sp³-hybridized carbons (Fsp3) is 0.615. The summed E-state index contributed by atoms with van der Waals surface area (Å²) in [4.78, 5) is 36.2. The molecule has 0 radical (unpaired) electrons. The van der Waals surface area contributed by atoms with Crippen molar-refractivity contribution in [1.29, 1.82) is 0 Å². The molecule has 3 heterocycles. The van der Waals surface area contributed by atoms with Crippen molar-refractivity contribution in [3.05, 3.63) is 28.5 Å². The zero-order valence-corrected chi connectivity index (χ0v) is 22.6. The Morgan fingerprint density at radius 3 is 2.58 bits per heavy atom. The van der Waals surface area contributed by atoms with E-state index in [1.807, 2.05) is 6.92 Å². The smallest absolute Gasteiger partial charge is 0.389 e. The van der Waals surface area contributed by atoms with Crippen LogP contribution >= 0.6 is 11.3 Å². The number of hydrogen-bond donors (Lipinski definition) is 3. The average molecular weight is 554 g/mol. The van der Waals surface area contributed by atoms with Gasteiger partial charge in [0.15, 0.2) is 5.01 Å². The highest BCUT2D eigenvalue weighted by atomic mass is 32.1. The van der Waals surface area contributed by atoms with Crippen molar-refractivity contribution in [3.63, 3.8) is 0 Å². The third kappa shape index (κ3) is 7.02. The maximum Gasteiger partial charge on any atom is 0.417 e. The van der Waals surface area contributed by atoms with Gasteiger partial charge < -0.3 is 20.6 Å². The van der Waals surface area contributed by atoms with E-state index in [0.717, 1.165) is 43.9 Å². The Kier molecular flexibility index (Phi) is 8.32. The van der Waals surface area contributed by atoms with E-state index in [9.17, 15) is 27.9 Å². The van der Waals surface area contributed by atoms with Gasteiger partial charge in [-0.2, -0.15) is 13.2 Å². The van der Waals surface area contributed by atoms with Crippen LogP contribution in [0.2, 0.25) is 0 Å². The molecule has 3 N–H and O–H groups in total. The number of aliphatic hydroxyl groups is 1. The summed E-state index contributed by atoms with van der Waals surface area (Å²) in [7, 11) is 0. The van der Waals surface area contributed by atoms with E-state index in [0.29, 0.717) is 24.4 Å². The standard InChI is InChI=1S/C26H34F3N5O3S/c1-15-6-5-11-34(15)24(36)20-21(38-23(33-20)22(35)32-14-25(2,3)37)17-13-31-19(12-18(17)26(27,28)29)30-10-4-7-16-8-9-16/h12-13,15-16,37H,4-11,14H2,1-3H3,(H,30,31)(H,32,35)/t15-/m0/s1. The second-order valence-corrected chi connectivity index (χ2v) is 11.8. The fourth-order valence-electron chi connectivity index (χ4n) is 4.47. The first-order valence-corrected chi connectivity index (χ1v) is 13.8. The number of halogens is 3. The number of anilines is 1. The van der Waals surface area contributed by atoms with Crippen LogP contribution in [0.3, 0.4) is 0 Å². The van der Waals surface area contributed by atoms with Gasteiger partial charge in [-0.1, -0.05) is 12.8 Å². The lowest BCUT2D eigenvalue weighted by molar-refractivity contribution is -0.137. The van der Waals surface area contributed by atoms with Crippen molar-refractivity contribution in [2.75, 3.05) is 25.0 Å². The molecule has 2 aliphatic rings. The lowest BCUT2D eigenvalue weighted by Crippen LogP contribution is -2.38. The molecule has 2 fully saturated rings. The third-order valence-electron chi connectivity index (χ3n) is 6.77. The Morgan fingerprint density at radius 2 is 1.97 bits per heavy atom. The van der Waals surface area contributed by atoms with Crippen LogP contribution in [0.25, 0.3) is 10.4 Å². The van der Waals surface area contributed by atoms with Crippen molar-refractivity contribution in [2.45, 2.75) is 77.1 Å². The SMILES string of the molecule is C[C@H]1CCCN1C(=O)c1nc(C(=O)NCC(C)(C)O)sc1-c1cnc(NCCCC2CC2)cc1C(F)(F)F. The number of thiazole rings is 1. The van der Waals surface area contributed by atoms with E-state index in [-0.39, 0.29) is 39.5 Å². The van der Waals surface area contributed by atoms with Crippen LogP contribution in [-0.2, 0) is 6.18 Å². The molecule has 1 aliphatic heterocycles. The number of carbonyl (C=O) groups excluding carboxylic acids is 2. The number of nitrogens with one attached hydrogen (secondary N) is 2. The molecule has 4 rings (SSSR count). The second kappa shape index (κ2) is 11.2. The molecule has 2 aromatic heterocycles. The molecule has 2 aromatic rings. The summed E-state index contributed by atoms with van der Waals surface area (Å²) in [6.07, 6.45) is 2.25. The molecule has 208 valence electrons. The zero-order valence-electron chi connectivity index (χ0n) is 21.8. The summed E-state index contributed by atoms with van der Waals surface area (Å²) < 4.78 is 42.8. The maximum absolute atomic E-state index is 14.3. The summed E-state index contributed by atoms with van der Waals surface area (Å²) in [6.45, 7) is 5.78. The van der Waals surface area contributed by atoms with Crippen LogP contribution in [-0.4, -0.2) is 63.1 Å². The molecule has 12 heteroatoms. The van der Waals surface area contributed by atoms with Gasteiger partial charge in [-0.15, -0.1) is 11.3 Å². The van der Waals surface area contributed by atoms with E-state index in [1.54, 1.807) is 4.90 Å². The van der Waals surface area contributed by atoms with Crippen LogP contribution < -0.4 is 10.6 Å². The van der Waals surface area contributed by atoms with Crippen molar-refractivity contribution in [2.24, 2.45) is 5.92 Å². The minimum absolute atomic E-state index is 0.0531. The van der Waals surface area contributed by atoms with Gasteiger partial charge >= 0.3 is 6.18 Å². The van der Waals surface area contributed by atoms with Crippen molar-refractivity contribution in [1.82, 2.24) is 20.2 Å². The number of hydrogen-bond acceptors (Lipinski definition) is 7. The van der Waals surface area contributed by atoms with Gasteiger partial charge in [0.1, 0.15) is 11.5 Å². The molecule has 0 bridgehead atoms. The molecule has 1 saturated heterocycles. The van der Waals surface area contributed by atoms with Gasteiger partial charge in [-0.25, -0.2) is 9.97 Å². The predicted molar refractivity (Wildman–Crippen MR) is 139 cm³/mol. The predicted octanol–water partition coefficient (Wildman–Crippen LogP) is 4.95. The van der Waals surface area contributed by atoms with Gasteiger partial charge in [0.05, 0.1) is 16.0 Å². The minimum atomic E-state index is -4.72. The van der Waals surface area contributed by atoms with E-state index < -0.39 is 29.2 Å². The molecule has 0 aromatic carbocycles. The number of aromatic nitrogens is 2. The number of alkyl halides is 3. The van der Waals surface area contributed by atoms with Crippen LogP contribution in [0.5, 0.6) is 0 Å². The van der Waals surface area contributed by atoms with Crippen LogP contribution in [0.15, 0.2) is 12.3 Å². The first-order chi connectivity index (χ1) is 17.8. The highest BCUT2D eigenvalue weighted by molar-refractivity contribution is 7.17. The number of likely N-dealkylation sites (tertiary alicyclic amines) is 1. The molecule has 8 nitrogen and oxygen atoms in total. The van der Waals surface area contributed by atoms with Crippen LogP contribution in [0.4, 0.5) is 19.0 Å². The molecule has 38 heavy (non-hydrogen) atoms. The quantitative estimate of drug-likeness (QED) is 0.360. The Bertz CT molecular complexity index is 1170. The number of nitrogens with zero attached hydrogens (tertiary/aromatic N) is 3. The first-order valence-electron chi connectivity index (χ1n) is 13.0. The summed E-state index contributed by atoms with van der Waals surface area (Å²) in [5.74, 6) is -0.362. The van der Waals surface area contributed by atoms with Gasteiger partial charge in [-0.3, -0.25) is 9.59 Å². The van der Waals surface area contributed by atoms with Gasteiger partial charge in [0.2, 0.25) is 0 Å². The highest BCUT2D eigenvalue weighted by Gasteiger charge is 2.38. The van der Waals surface area contributed by atoms with Gasteiger partial charge in [0.25, 0.3) is 11.8 Å². The summed E-state index contributed by atoms with van der Waals surface area (Å²) in [5.41, 5.74) is -2.65. The van der Waals surface area contributed by atoms with Crippen LogP contribution in [0, 0.1) is 5.92 Å². The van der Waals surface area contributed by atoms with Crippen LogP contribution in [0.1, 0.15) is 85.2 Å². The first kappa shape index (κ1) is 28.3. The monoisotopic (exact) mass is 553 g/mol. The maximum atomic E-state index is 14.3. The molecule has 0 unspecified atom stereocenters. The zero-order chi connectivity index (χ0) is 27.7. The average Bonchev–Trinajstić information content (AvgIpc) is 3.39. The van der Waals surface area contributed by atoms with Gasteiger partial charge in [0, 0.05) is 37.4 Å². The lowest BCUT2D eigenvalue weighted by Gasteiger charge is -2.21. The van der Waals surface area contributed by atoms with E-state index >= 15 is 0 Å². The van der Waals surface area contributed by atoms with Crippen molar-refractivity contribution < 1.29 is 27.9 Å². The summed E-state index contributed by atoms with van der Waals surface area (Å²) in [6, 6.07) is 0.861. The highest BCUT2D eigenvalue weighted by Crippen LogP contribution is 2.42. The lowest BCUT2D eigenvalue weighted by atomic mass is 10.1. The third-order valence-corrected chi connectivity index (χ3v) is 7.85. The number of rotatable bonds is 10. The second-order valence-electron chi connectivity index (χ2n) is 10.8.